The Bertz CT molecular complexity index is 469. The first-order valence-corrected chi connectivity index (χ1v) is 7.41. The van der Waals surface area contributed by atoms with Gasteiger partial charge in [0.15, 0.2) is 0 Å². The zero-order valence-electron chi connectivity index (χ0n) is 12.2. The predicted octanol–water partition coefficient (Wildman–Crippen LogP) is 3.84. The van der Waals surface area contributed by atoms with Gasteiger partial charge in [0.1, 0.15) is 0 Å². The van der Waals surface area contributed by atoms with Gasteiger partial charge in [0.2, 0.25) is 0 Å². The lowest BCUT2D eigenvalue weighted by atomic mass is 9.87. The molecule has 0 saturated heterocycles. The van der Waals surface area contributed by atoms with Gasteiger partial charge >= 0.3 is 6.18 Å². The normalized spacial score (nSPS) is 20.2. The fourth-order valence-corrected chi connectivity index (χ4v) is 2.96. The zero-order valence-corrected chi connectivity index (χ0v) is 12.2. The van der Waals surface area contributed by atoms with Crippen LogP contribution in [0, 0.1) is 0 Å². The Balaban J connectivity index is 2.22. The van der Waals surface area contributed by atoms with Crippen LogP contribution in [-0.4, -0.2) is 17.8 Å². The Morgan fingerprint density at radius 3 is 2.33 bits per heavy atom. The van der Waals surface area contributed by atoms with Crippen molar-refractivity contribution in [3.63, 3.8) is 0 Å². The quantitative estimate of drug-likeness (QED) is 0.885. The van der Waals surface area contributed by atoms with Crippen LogP contribution in [0.25, 0.3) is 0 Å². The van der Waals surface area contributed by atoms with E-state index in [4.69, 9.17) is 0 Å². The number of hydrogen-bond donors (Lipinski definition) is 2. The van der Waals surface area contributed by atoms with E-state index >= 15 is 0 Å². The lowest BCUT2D eigenvalue weighted by molar-refractivity contribution is -0.137. The van der Waals surface area contributed by atoms with Gasteiger partial charge in [-0.3, -0.25) is 0 Å². The molecule has 21 heavy (non-hydrogen) atoms. The van der Waals surface area contributed by atoms with Crippen LogP contribution in [0.3, 0.4) is 0 Å². The Morgan fingerprint density at radius 1 is 1.14 bits per heavy atom. The van der Waals surface area contributed by atoms with Crippen LogP contribution in [0.2, 0.25) is 0 Å². The number of hydrogen-bond acceptors (Lipinski definition) is 2. The van der Waals surface area contributed by atoms with Crippen molar-refractivity contribution in [3.8, 4) is 0 Å². The monoisotopic (exact) mass is 301 g/mol. The molecule has 1 saturated carbocycles. The molecule has 2 nitrogen and oxygen atoms in total. The second kappa shape index (κ2) is 6.36. The highest BCUT2D eigenvalue weighted by Gasteiger charge is 2.34. The SMILES string of the molecule is CC(CO)(NC1CCCCC1)c1cccc(C(F)(F)F)c1. The smallest absolute Gasteiger partial charge is 0.394 e. The minimum Gasteiger partial charge on any atom is -0.394 e. The second-order valence-corrected chi connectivity index (χ2v) is 6.05. The van der Waals surface area contributed by atoms with Crippen LogP contribution in [0.5, 0.6) is 0 Å². The van der Waals surface area contributed by atoms with Crippen molar-refractivity contribution in [2.45, 2.75) is 56.8 Å². The van der Waals surface area contributed by atoms with Crippen molar-refractivity contribution in [1.82, 2.24) is 5.32 Å². The van der Waals surface area contributed by atoms with Crippen molar-refractivity contribution in [3.05, 3.63) is 35.4 Å². The molecule has 1 aromatic rings. The lowest BCUT2D eigenvalue weighted by Gasteiger charge is -2.36. The van der Waals surface area contributed by atoms with Gasteiger partial charge in [0.05, 0.1) is 17.7 Å². The minimum absolute atomic E-state index is 0.231. The Morgan fingerprint density at radius 2 is 1.76 bits per heavy atom. The lowest BCUT2D eigenvalue weighted by Crippen LogP contribution is -2.49. The summed E-state index contributed by atoms with van der Waals surface area (Å²) in [5, 5.41) is 13.1. The van der Waals surface area contributed by atoms with Crippen LogP contribution in [0.4, 0.5) is 13.2 Å². The number of benzene rings is 1. The number of aliphatic hydroxyl groups excluding tert-OH is 1. The van der Waals surface area contributed by atoms with Crippen LogP contribution in [0.15, 0.2) is 24.3 Å². The van der Waals surface area contributed by atoms with E-state index in [-0.39, 0.29) is 12.6 Å². The van der Waals surface area contributed by atoms with Crippen molar-refractivity contribution >= 4 is 0 Å². The number of halogens is 3. The molecular weight excluding hydrogens is 279 g/mol. The summed E-state index contributed by atoms with van der Waals surface area (Å²) in [6.45, 7) is 1.53. The summed E-state index contributed by atoms with van der Waals surface area (Å²) in [5.41, 5.74) is -1.04. The maximum Gasteiger partial charge on any atom is 0.416 e. The van der Waals surface area contributed by atoms with Crippen molar-refractivity contribution in [2.24, 2.45) is 0 Å². The third-order valence-corrected chi connectivity index (χ3v) is 4.27. The van der Waals surface area contributed by atoms with Crippen LogP contribution in [0.1, 0.15) is 50.2 Å². The summed E-state index contributed by atoms with van der Waals surface area (Å²) in [5.74, 6) is 0. The molecule has 0 aliphatic heterocycles. The topological polar surface area (TPSA) is 32.3 Å². The van der Waals surface area contributed by atoms with E-state index in [0.29, 0.717) is 5.56 Å². The summed E-state index contributed by atoms with van der Waals surface area (Å²) in [7, 11) is 0. The molecule has 0 heterocycles. The predicted molar refractivity (Wildman–Crippen MR) is 75.9 cm³/mol. The maximum atomic E-state index is 12.8. The molecule has 1 aliphatic rings. The molecule has 0 radical (unpaired) electrons. The third kappa shape index (κ3) is 3.98. The molecule has 5 heteroatoms. The Labute approximate surface area is 123 Å². The van der Waals surface area contributed by atoms with Crippen molar-refractivity contribution in [2.75, 3.05) is 6.61 Å². The summed E-state index contributed by atoms with van der Waals surface area (Å²) in [6.07, 6.45) is 1.11. The molecule has 2 N–H and O–H groups in total. The molecule has 1 unspecified atom stereocenters. The average Bonchev–Trinajstić information content (AvgIpc) is 2.47. The standard InChI is InChI=1S/C16H22F3NO/c1-15(11-21,20-14-8-3-2-4-9-14)12-6-5-7-13(10-12)16(17,18)19/h5-7,10,14,20-21H,2-4,8-9,11H2,1H3. The molecule has 118 valence electrons. The molecular formula is C16H22F3NO. The van der Waals surface area contributed by atoms with Gasteiger partial charge in [-0.15, -0.1) is 0 Å². The van der Waals surface area contributed by atoms with E-state index in [0.717, 1.165) is 37.8 Å². The third-order valence-electron chi connectivity index (χ3n) is 4.27. The largest absolute Gasteiger partial charge is 0.416 e. The van der Waals surface area contributed by atoms with Crippen LogP contribution < -0.4 is 5.32 Å². The average molecular weight is 301 g/mol. The van der Waals surface area contributed by atoms with Crippen LogP contribution >= 0.6 is 0 Å². The molecule has 0 bridgehead atoms. The molecule has 1 aliphatic carbocycles. The van der Waals surface area contributed by atoms with E-state index in [1.807, 2.05) is 0 Å². The summed E-state index contributed by atoms with van der Waals surface area (Å²) < 4.78 is 38.5. The van der Waals surface area contributed by atoms with Gasteiger partial charge in [0, 0.05) is 6.04 Å². The van der Waals surface area contributed by atoms with Crippen molar-refractivity contribution in [1.29, 1.82) is 0 Å². The highest BCUT2D eigenvalue weighted by atomic mass is 19.4. The number of rotatable bonds is 4. The fraction of sp³-hybridized carbons (Fsp3) is 0.625. The Hall–Kier alpha value is -1.07. The van der Waals surface area contributed by atoms with Gasteiger partial charge < -0.3 is 10.4 Å². The highest BCUT2D eigenvalue weighted by Crippen LogP contribution is 2.33. The minimum atomic E-state index is -4.36. The summed E-state index contributed by atoms with van der Waals surface area (Å²) in [4.78, 5) is 0. The maximum absolute atomic E-state index is 12.8. The van der Waals surface area contributed by atoms with Gasteiger partial charge in [-0.25, -0.2) is 0 Å². The van der Waals surface area contributed by atoms with Crippen LogP contribution in [-0.2, 0) is 11.7 Å². The second-order valence-electron chi connectivity index (χ2n) is 6.05. The molecule has 1 aromatic carbocycles. The zero-order chi connectivity index (χ0) is 15.5. The molecule has 1 fully saturated rings. The molecule has 0 amide bonds. The van der Waals surface area contributed by atoms with E-state index in [2.05, 4.69) is 5.32 Å². The van der Waals surface area contributed by atoms with Gasteiger partial charge in [-0.2, -0.15) is 13.2 Å². The molecule has 0 aromatic heterocycles. The summed E-state index contributed by atoms with van der Waals surface area (Å²) >= 11 is 0. The Kier molecular flexibility index (Phi) is 4.94. The first-order valence-electron chi connectivity index (χ1n) is 7.41. The highest BCUT2D eigenvalue weighted by molar-refractivity contribution is 5.31. The van der Waals surface area contributed by atoms with Crippen molar-refractivity contribution < 1.29 is 18.3 Å². The fourth-order valence-electron chi connectivity index (χ4n) is 2.96. The van der Waals surface area contributed by atoms with E-state index < -0.39 is 17.3 Å². The first kappa shape index (κ1) is 16.3. The van der Waals surface area contributed by atoms with E-state index in [1.54, 1.807) is 13.0 Å². The molecule has 1 atom stereocenters. The molecule has 2 rings (SSSR count). The number of nitrogens with one attached hydrogen (secondary N) is 1. The summed E-state index contributed by atoms with van der Waals surface area (Å²) in [6, 6.07) is 5.48. The number of alkyl halides is 3. The van der Waals surface area contributed by atoms with E-state index in [9.17, 15) is 18.3 Å². The van der Waals surface area contributed by atoms with Gasteiger partial charge in [-0.1, -0.05) is 31.4 Å². The first-order chi connectivity index (χ1) is 9.85. The molecule has 0 spiro atoms. The number of aliphatic hydroxyl groups is 1. The van der Waals surface area contributed by atoms with Gasteiger partial charge in [0.25, 0.3) is 0 Å². The van der Waals surface area contributed by atoms with E-state index in [1.165, 1.54) is 12.5 Å². The van der Waals surface area contributed by atoms with Gasteiger partial charge in [-0.05, 0) is 37.5 Å².